The SMILES string of the molecule is CCN(CC(=O)N(Cc1cccs1)C1CCS(=O)(=O)C1)c1ccc(F)c(F)c1. The normalized spacial score (nSPS) is 18.2. The Morgan fingerprint density at radius 2 is 2.04 bits per heavy atom. The van der Waals surface area contributed by atoms with Gasteiger partial charge in [0, 0.05) is 29.2 Å². The molecule has 28 heavy (non-hydrogen) atoms. The summed E-state index contributed by atoms with van der Waals surface area (Å²) in [6, 6.07) is 6.94. The van der Waals surface area contributed by atoms with Crippen molar-refractivity contribution in [1.29, 1.82) is 0 Å². The van der Waals surface area contributed by atoms with E-state index in [0.29, 0.717) is 25.2 Å². The van der Waals surface area contributed by atoms with Crippen LogP contribution in [0.4, 0.5) is 14.5 Å². The van der Waals surface area contributed by atoms with Gasteiger partial charge in [-0.3, -0.25) is 4.79 Å². The van der Waals surface area contributed by atoms with Gasteiger partial charge in [-0.2, -0.15) is 0 Å². The standard InChI is InChI=1S/C19H22F2N2O3S2/c1-2-22(14-5-6-17(20)18(21)10-14)12-19(24)23(11-16-4-3-8-27-16)15-7-9-28(25,26)13-15/h3-6,8,10,15H,2,7,9,11-13H2,1H3. The van der Waals surface area contributed by atoms with Crippen LogP contribution in [0.1, 0.15) is 18.2 Å². The molecule has 3 rings (SSSR count). The van der Waals surface area contributed by atoms with Gasteiger partial charge in [-0.25, -0.2) is 17.2 Å². The minimum Gasteiger partial charge on any atom is -0.362 e. The molecule has 152 valence electrons. The van der Waals surface area contributed by atoms with Crippen molar-refractivity contribution in [2.24, 2.45) is 0 Å². The van der Waals surface area contributed by atoms with Crippen LogP contribution in [0.3, 0.4) is 0 Å². The number of carbonyl (C=O) groups is 1. The summed E-state index contributed by atoms with van der Waals surface area (Å²) in [7, 11) is -3.14. The summed E-state index contributed by atoms with van der Waals surface area (Å²) in [6.45, 7) is 2.54. The molecule has 5 nitrogen and oxygen atoms in total. The summed E-state index contributed by atoms with van der Waals surface area (Å²) in [4.78, 5) is 17.3. The molecule has 1 aromatic carbocycles. The van der Waals surface area contributed by atoms with Crippen LogP contribution < -0.4 is 4.90 Å². The summed E-state index contributed by atoms with van der Waals surface area (Å²) in [5, 5.41) is 1.91. The van der Waals surface area contributed by atoms with Crippen molar-refractivity contribution in [3.63, 3.8) is 0 Å². The van der Waals surface area contributed by atoms with Gasteiger partial charge in [0.2, 0.25) is 5.91 Å². The van der Waals surface area contributed by atoms with Crippen LogP contribution in [0.25, 0.3) is 0 Å². The van der Waals surface area contributed by atoms with Crippen molar-refractivity contribution >= 4 is 32.8 Å². The molecule has 1 saturated heterocycles. The van der Waals surface area contributed by atoms with Crippen molar-refractivity contribution in [2.45, 2.75) is 25.9 Å². The minimum atomic E-state index is -3.14. The third-order valence-corrected chi connectivity index (χ3v) is 7.46. The molecule has 0 aliphatic carbocycles. The van der Waals surface area contributed by atoms with Gasteiger partial charge >= 0.3 is 0 Å². The molecule has 0 saturated carbocycles. The molecule has 9 heteroatoms. The number of sulfone groups is 1. The number of hydrogen-bond donors (Lipinski definition) is 0. The second kappa shape index (κ2) is 8.57. The summed E-state index contributed by atoms with van der Waals surface area (Å²) in [6.07, 6.45) is 0.413. The Hall–Kier alpha value is -2.00. The first-order chi connectivity index (χ1) is 13.3. The predicted molar refractivity (Wildman–Crippen MR) is 106 cm³/mol. The number of hydrogen-bond acceptors (Lipinski definition) is 5. The van der Waals surface area contributed by atoms with E-state index in [1.54, 1.807) is 9.80 Å². The Labute approximate surface area is 167 Å². The Morgan fingerprint density at radius 3 is 2.61 bits per heavy atom. The van der Waals surface area contributed by atoms with E-state index in [9.17, 15) is 22.0 Å². The molecule has 0 radical (unpaired) electrons. The molecule has 1 unspecified atom stereocenters. The summed E-state index contributed by atoms with van der Waals surface area (Å²) in [5.41, 5.74) is 0.407. The number of amides is 1. The van der Waals surface area contributed by atoms with Crippen LogP contribution in [0.5, 0.6) is 0 Å². The molecule has 0 spiro atoms. The third kappa shape index (κ3) is 4.88. The highest BCUT2D eigenvalue weighted by Crippen LogP contribution is 2.23. The molecular formula is C19H22F2N2O3S2. The van der Waals surface area contributed by atoms with Crippen molar-refractivity contribution in [3.05, 3.63) is 52.2 Å². The van der Waals surface area contributed by atoms with Gasteiger partial charge in [0.15, 0.2) is 21.5 Å². The summed E-state index contributed by atoms with van der Waals surface area (Å²) >= 11 is 1.50. The van der Waals surface area contributed by atoms with E-state index >= 15 is 0 Å². The van der Waals surface area contributed by atoms with Crippen LogP contribution in [0.2, 0.25) is 0 Å². The van der Waals surface area contributed by atoms with Gasteiger partial charge in [-0.05, 0) is 36.9 Å². The Balaban J connectivity index is 1.80. The first-order valence-electron chi connectivity index (χ1n) is 9.01. The fraction of sp³-hybridized carbons (Fsp3) is 0.421. The van der Waals surface area contributed by atoms with E-state index in [1.165, 1.54) is 17.4 Å². The number of carbonyl (C=O) groups excluding carboxylic acids is 1. The van der Waals surface area contributed by atoms with Gasteiger partial charge in [0.05, 0.1) is 24.6 Å². The molecule has 0 N–H and O–H groups in total. The molecule has 2 heterocycles. The lowest BCUT2D eigenvalue weighted by atomic mass is 10.2. The molecular weight excluding hydrogens is 406 g/mol. The quantitative estimate of drug-likeness (QED) is 0.680. The van der Waals surface area contributed by atoms with Crippen molar-refractivity contribution in [1.82, 2.24) is 4.90 Å². The molecule has 1 fully saturated rings. The van der Waals surface area contributed by atoms with Crippen LogP contribution in [-0.4, -0.2) is 49.9 Å². The zero-order chi connectivity index (χ0) is 20.3. The number of thiophene rings is 1. The van der Waals surface area contributed by atoms with Crippen molar-refractivity contribution in [2.75, 3.05) is 29.5 Å². The second-order valence-electron chi connectivity index (χ2n) is 6.77. The second-order valence-corrected chi connectivity index (χ2v) is 10.0. The highest BCUT2D eigenvalue weighted by molar-refractivity contribution is 7.91. The zero-order valence-electron chi connectivity index (χ0n) is 15.5. The van der Waals surface area contributed by atoms with E-state index in [1.807, 2.05) is 24.4 Å². The molecule has 2 aromatic rings. The Bertz CT molecular complexity index is 933. The Kier molecular flexibility index (Phi) is 6.34. The monoisotopic (exact) mass is 428 g/mol. The number of anilines is 1. The highest BCUT2D eigenvalue weighted by Gasteiger charge is 2.35. The lowest BCUT2D eigenvalue weighted by molar-refractivity contribution is -0.132. The van der Waals surface area contributed by atoms with Gasteiger partial charge in [0.1, 0.15) is 0 Å². The fourth-order valence-corrected chi connectivity index (χ4v) is 5.77. The highest BCUT2D eigenvalue weighted by atomic mass is 32.2. The number of rotatable bonds is 7. The van der Waals surface area contributed by atoms with E-state index in [4.69, 9.17) is 0 Å². The largest absolute Gasteiger partial charge is 0.362 e. The van der Waals surface area contributed by atoms with Crippen LogP contribution in [-0.2, 0) is 21.2 Å². The molecule has 1 aliphatic heterocycles. The van der Waals surface area contributed by atoms with Gasteiger partial charge in [-0.1, -0.05) is 6.07 Å². The predicted octanol–water partition coefficient (Wildman–Crippen LogP) is 3.07. The number of likely N-dealkylation sites (N-methyl/N-ethyl adjacent to an activating group) is 1. The topological polar surface area (TPSA) is 57.7 Å². The first-order valence-corrected chi connectivity index (χ1v) is 11.7. The maximum atomic E-state index is 13.6. The first kappa shape index (κ1) is 20.7. The van der Waals surface area contributed by atoms with Crippen molar-refractivity contribution < 1.29 is 22.0 Å². The lowest BCUT2D eigenvalue weighted by Crippen LogP contribution is -2.46. The maximum absolute atomic E-state index is 13.6. The van der Waals surface area contributed by atoms with Crippen molar-refractivity contribution in [3.8, 4) is 0 Å². The maximum Gasteiger partial charge on any atom is 0.242 e. The van der Waals surface area contributed by atoms with E-state index in [0.717, 1.165) is 17.0 Å². The van der Waals surface area contributed by atoms with Crippen LogP contribution in [0, 0.1) is 11.6 Å². The summed E-state index contributed by atoms with van der Waals surface area (Å²) in [5.74, 6) is -2.11. The van der Waals surface area contributed by atoms with Gasteiger partial charge in [0.25, 0.3) is 0 Å². The minimum absolute atomic E-state index is 0.0382. The van der Waals surface area contributed by atoms with Crippen LogP contribution >= 0.6 is 11.3 Å². The molecule has 1 aliphatic rings. The molecule has 1 amide bonds. The van der Waals surface area contributed by atoms with E-state index in [-0.39, 0.29) is 30.0 Å². The zero-order valence-corrected chi connectivity index (χ0v) is 17.1. The average molecular weight is 429 g/mol. The third-order valence-electron chi connectivity index (χ3n) is 4.85. The number of nitrogens with zero attached hydrogens (tertiary/aromatic N) is 2. The number of benzene rings is 1. The van der Waals surface area contributed by atoms with E-state index in [2.05, 4.69) is 0 Å². The molecule has 1 aromatic heterocycles. The number of halogens is 2. The van der Waals surface area contributed by atoms with Gasteiger partial charge in [-0.15, -0.1) is 11.3 Å². The van der Waals surface area contributed by atoms with E-state index < -0.39 is 21.5 Å². The smallest absolute Gasteiger partial charge is 0.242 e. The average Bonchev–Trinajstić information content (AvgIpc) is 3.29. The molecule has 1 atom stereocenters. The molecule has 0 bridgehead atoms. The fourth-order valence-electron chi connectivity index (χ4n) is 3.33. The summed E-state index contributed by atoms with van der Waals surface area (Å²) < 4.78 is 50.6. The van der Waals surface area contributed by atoms with Crippen LogP contribution in [0.15, 0.2) is 35.7 Å². The van der Waals surface area contributed by atoms with Gasteiger partial charge < -0.3 is 9.80 Å². The lowest BCUT2D eigenvalue weighted by Gasteiger charge is -2.31. The Morgan fingerprint density at radius 1 is 1.25 bits per heavy atom.